The molecule has 1 aliphatic heterocycles. The van der Waals surface area contributed by atoms with Crippen molar-refractivity contribution in [3.63, 3.8) is 0 Å². The van der Waals surface area contributed by atoms with Gasteiger partial charge in [-0.1, -0.05) is 0 Å². The van der Waals surface area contributed by atoms with Crippen molar-refractivity contribution in [2.75, 3.05) is 43.4 Å². The number of piperazine rings is 1. The fourth-order valence-corrected chi connectivity index (χ4v) is 4.76. The van der Waals surface area contributed by atoms with Crippen LogP contribution in [-0.4, -0.2) is 59.1 Å². The number of nitrogens with two attached hydrogens (primary N) is 1. The molecular weight excluding hydrogens is 462 g/mol. The average molecular weight is 489 g/mol. The molecule has 34 heavy (non-hydrogen) atoms. The van der Waals surface area contributed by atoms with Gasteiger partial charge in [0.15, 0.2) is 0 Å². The van der Waals surface area contributed by atoms with Crippen LogP contribution in [0.15, 0.2) is 30.5 Å². The quantitative estimate of drug-likeness (QED) is 0.489. The van der Waals surface area contributed by atoms with Gasteiger partial charge in [0.05, 0.1) is 16.7 Å². The molecule has 0 aliphatic carbocycles. The molecule has 1 aliphatic rings. The third-order valence-corrected chi connectivity index (χ3v) is 6.73. The number of anilines is 3. The highest BCUT2D eigenvalue weighted by Crippen LogP contribution is 2.40. The monoisotopic (exact) mass is 488 g/mol. The summed E-state index contributed by atoms with van der Waals surface area (Å²) in [4.78, 5) is 25.4. The van der Waals surface area contributed by atoms with Gasteiger partial charge in [-0.25, -0.2) is 13.8 Å². The van der Waals surface area contributed by atoms with Gasteiger partial charge >= 0.3 is 0 Å². The molecule has 2 aromatic heterocycles. The van der Waals surface area contributed by atoms with Crippen LogP contribution in [0.25, 0.3) is 10.4 Å². The molecule has 1 saturated heterocycles. The number of carbonyl (C=O) groups excluding carboxylic acids is 1. The van der Waals surface area contributed by atoms with Crippen molar-refractivity contribution in [3.05, 3.63) is 53.2 Å². The zero-order valence-electron chi connectivity index (χ0n) is 19.1. The molecule has 1 aromatic carbocycles. The van der Waals surface area contributed by atoms with E-state index in [9.17, 15) is 18.7 Å². The maximum Gasteiger partial charge on any atom is 0.251 e. The van der Waals surface area contributed by atoms with Crippen LogP contribution in [-0.2, 0) is 5.60 Å². The number of aromatic nitrogens is 2. The van der Waals surface area contributed by atoms with Crippen LogP contribution < -0.4 is 16.0 Å². The van der Waals surface area contributed by atoms with E-state index in [0.717, 1.165) is 49.6 Å². The van der Waals surface area contributed by atoms with Crippen molar-refractivity contribution in [1.82, 2.24) is 14.9 Å². The maximum atomic E-state index is 14.9. The Labute approximate surface area is 200 Å². The summed E-state index contributed by atoms with van der Waals surface area (Å²) in [6, 6.07) is 5.16. The molecule has 3 aromatic rings. The van der Waals surface area contributed by atoms with E-state index in [-0.39, 0.29) is 21.6 Å². The number of rotatable bonds is 6. The van der Waals surface area contributed by atoms with Gasteiger partial charge < -0.3 is 26.0 Å². The van der Waals surface area contributed by atoms with E-state index in [1.807, 2.05) is 0 Å². The number of likely N-dealkylation sites (N-methyl/N-ethyl adjacent to an activating group) is 1. The highest BCUT2D eigenvalue weighted by molar-refractivity contribution is 7.20. The van der Waals surface area contributed by atoms with E-state index in [1.54, 1.807) is 12.3 Å². The van der Waals surface area contributed by atoms with Crippen LogP contribution >= 0.6 is 11.3 Å². The Kier molecular flexibility index (Phi) is 6.52. The highest BCUT2D eigenvalue weighted by Gasteiger charge is 2.25. The van der Waals surface area contributed by atoms with Gasteiger partial charge in [-0.3, -0.25) is 4.79 Å². The zero-order valence-corrected chi connectivity index (χ0v) is 19.9. The van der Waals surface area contributed by atoms with Gasteiger partial charge in [0.25, 0.3) is 5.91 Å². The summed E-state index contributed by atoms with van der Waals surface area (Å²) in [5, 5.41) is 13.5. The number of hydrogen-bond donors (Lipinski definition) is 3. The number of primary amides is 1. The number of nitrogens with one attached hydrogen (secondary N) is 1. The molecule has 0 unspecified atom stereocenters. The number of aliphatic hydroxyl groups is 1. The maximum absolute atomic E-state index is 14.9. The lowest BCUT2D eigenvalue weighted by molar-refractivity contribution is 0.0778. The molecule has 4 N–H and O–H groups in total. The Morgan fingerprint density at radius 2 is 1.82 bits per heavy atom. The fourth-order valence-electron chi connectivity index (χ4n) is 3.65. The zero-order chi connectivity index (χ0) is 24.6. The van der Waals surface area contributed by atoms with Gasteiger partial charge in [-0.05, 0) is 50.7 Å². The molecule has 8 nitrogen and oxygen atoms in total. The number of carbonyl (C=O) groups is 1. The van der Waals surface area contributed by atoms with Gasteiger partial charge in [-0.15, -0.1) is 11.3 Å². The third kappa shape index (κ3) is 5.01. The number of halogens is 2. The lowest BCUT2D eigenvalue weighted by Gasteiger charge is -2.32. The second-order valence-corrected chi connectivity index (χ2v) is 9.80. The Balaban J connectivity index is 1.66. The van der Waals surface area contributed by atoms with E-state index < -0.39 is 23.1 Å². The van der Waals surface area contributed by atoms with E-state index in [4.69, 9.17) is 5.73 Å². The summed E-state index contributed by atoms with van der Waals surface area (Å²) in [6.07, 6.45) is 1.61. The van der Waals surface area contributed by atoms with Crippen LogP contribution in [0, 0.1) is 11.6 Å². The van der Waals surface area contributed by atoms with Crippen LogP contribution in [0.4, 0.5) is 25.5 Å². The molecule has 11 heteroatoms. The minimum atomic E-state index is -1.41. The van der Waals surface area contributed by atoms with Crippen LogP contribution in [0.5, 0.6) is 0 Å². The second kappa shape index (κ2) is 9.24. The smallest absolute Gasteiger partial charge is 0.251 e. The van der Waals surface area contributed by atoms with Crippen molar-refractivity contribution >= 4 is 34.0 Å². The first-order valence-electron chi connectivity index (χ1n) is 10.7. The molecule has 180 valence electrons. The Morgan fingerprint density at radius 3 is 2.41 bits per heavy atom. The number of amides is 1. The lowest BCUT2D eigenvalue weighted by Crippen LogP contribution is -2.45. The van der Waals surface area contributed by atoms with Gasteiger partial charge in [0, 0.05) is 37.3 Å². The Morgan fingerprint density at radius 1 is 1.18 bits per heavy atom. The molecule has 0 spiro atoms. The van der Waals surface area contributed by atoms with Crippen LogP contribution in [0.1, 0.15) is 29.8 Å². The standard InChI is InChI=1S/C23H26F2N6O2S/c1-23(2,33)13-10-15(24)19(16(25)11-13)17-12-14(20(26)32)21(34-17)28-18-4-5-27-22(29-18)31-8-6-30(3)7-9-31/h4-5,10-12,33H,6-9H2,1-3H3,(H2,26,32)(H,27,28,29). The first-order valence-corrected chi connectivity index (χ1v) is 11.5. The van der Waals surface area contributed by atoms with Gasteiger partial charge in [0.2, 0.25) is 5.95 Å². The minimum absolute atomic E-state index is 0.0881. The average Bonchev–Trinajstić information content (AvgIpc) is 3.17. The summed E-state index contributed by atoms with van der Waals surface area (Å²) in [7, 11) is 2.06. The Bertz CT molecular complexity index is 1200. The molecule has 1 fully saturated rings. The molecule has 3 heterocycles. The molecule has 0 bridgehead atoms. The molecule has 1 amide bonds. The topological polar surface area (TPSA) is 108 Å². The number of thiophene rings is 1. The van der Waals surface area contributed by atoms with Gasteiger partial charge in [-0.2, -0.15) is 4.98 Å². The van der Waals surface area contributed by atoms with E-state index in [2.05, 4.69) is 32.1 Å². The SMILES string of the molecule is CN1CCN(c2nccc(Nc3sc(-c4c(F)cc(C(C)(C)O)cc4F)cc3C(N)=O)n2)CC1. The van der Waals surface area contributed by atoms with E-state index in [1.165, 1.54) is 19.9 Å². The minimum Gasteiger partial charge on any atom is -0.386 e. The predicted molar refractivity (Wildman–Crippen MR) is 128 cm³/mol. The second-order valence-electron chi connectivity index (χ2n) is 8.75. The lowest BCUT2D eigenvalue weighted by atomic mass is 9.96. The van der Waals surface area contributed by atoms with Crippen molar-refractivity contribution in [2.24, 2.45) is 5.73 Å². The number of hydrogen-bond acceptors (Lipinski definition) is 8. The summed E-state index contributed by atoms with van der Waals surface area (Å²) in [5.41, 5.74) is 4.03. The van der Waals surface area contributed by atoms with Crippen molar-refractivity contribution in [1.29, 1.82) is 0 Å². The number of benzene rings is 1. The van der Waals surface area contributed by atoms with Crippen LogP contribution in [0.2, 0.25) is 0 Å². The van der Waals surface area contributed by atoms with Crippen molar-refractivity contribution < 1.29 is 18.7 Å². The first-order chi connectivity index (χ1) is 16.0. The first kappa shape index (κ1) is 24.0. The van der Waals surface area contributed by atoms with E-state index in [0.29, 0.717) is 16.8 Å². The summed E-state index contributed by atoms with van der Waals surface area (Å²) in [6.45, 7) is 6.24. The fraction of sp³-hybridized carbons (Fsp3) is 0.348. The predicted octanol–water partition coefficient (Wildman–Crippen LogP) is 3.31. The van der Waals surface area contributed by atoms with Crippen LogP contribution in [0.3, 0.4) is 0 Å². The number of nitrogens with zero attached hydrogens (tertiary/aromatic N) is 4. The van der Waals surface area contributed by atoms with Crippen molar-refractivity contribution in [2.45, 2.75) is 19.4 Å². The molecular formula is C23H26F2N6O2S. The largest absolute Gasteiger partial charge is 0.386 e. The molecule has 0 atom stereocenters. The summed E-state index contributed by atoms with van der Waals surface area (Å²) < 4.78 is 29.7. The molecule has 0 saturated carbocycles. The van der Waals surface area contributed by atoms with Gasteiger partial charge in [0.1, 0.15) is 22.5 Å². The molecule has 4 rings (SSSR count). The van der Waals surface area contributed by atoms with E-state index >= 15 is 0 Å². The van der Waals surface area contributed by atoms with Crippen molar-refractivity contribution in [3.8, 4) is 10.4 Å². The summed E-state index contributed by atoms with van der Waals surface area (Å²) >= 11 is 0.984. The Hall–Kier alpha value is -3.15. The molecule has 0 radical (unpaired) electrons. The summed E-state index contributed by atoms with van der Waals surface area (Å²) in [5.74, 6) is -1.46. The normalized spacial score (nSPS) is 14.9. The third-order valence-electron chi connectivity index (χ3n) is 5.66. The highest BCUT2D eigenvalue weighted by atomic mass is 32.1.